The van der Waals surface area contributed by atoms with Crippen LogP contribution in [-0.2, 0) is 16.6 Å². The van der Waals surface area contributed by atoms with Crippen LogP contribution in [0.4, 0.5) is 5.95 Å². The van der Waals surface area contributed by atoms with Gasteiger partial charge < -0.3 is 15.6 Å². The Balaban J connectivity index is 1.98. The average molecular weight is 343 g/mol. The van der Waals surface area contributed by atoms with Gasteiger partial charge in [-0.2, -0.15) is 5.10 Å². The van der Waals surface area contributed by atoms with Crippen LogP contribution < -0.4 is 5.73 Å². The Bertz CT molecular complexity index is 852. The summed E-state index contributed by atoms with van der Waals surface area (Å²) >= 11 is 0. The van der Waals surface area contributed by atoms with Crippen molar-refractivity contribution < 1.29 is 14.6 Å². The van der Waals surface area contributed by atoms with Crippen LogP contribution in [0.5, 0.6) is 0 Å². The molecule has 4 rings (SSSR count). The number of anilines is 1. The minimum Gasteiger partial charge on any atom is -0.476 e. The first kappa shape index (κ1) is 16.0. The van der Waals surface area contributed by atoms with Gasteiger partial charge in [-0.25, -0.2) is 19.4 Å². The molecular weight excluding hydrogens is 322 g/mol. The van der Waals surface area contributed by atoms with Crippen LogP contribution in [0.3, 0.4) is 0 Å². The number of hydrogen-bond donors (Lipinski definition) is 2. The third kappa shape index (κ3) is 2.48. The predicted octanol–water partition coefficient (Wildman–Crippen LogP) is 2.15. The molecule has 0 radical (unpaired) electrons. The van der Waals surface area contributed by atoms with E-state index >= 15 is 0 Å². The maximum absolute atomic E-state index is 11.8. The van der Waals surface area contributed by atoms with Gasteiger partial charge >= 0.3 is 5.97 Å². The number of aromatic nitrogens is 4. The van der Waals surface area contributed by atoms with Gasteiger partial charge in [-0.05, 0) is 31.1 Å². The standard InChI is InChI=1S/C17H21N5O3/c1-17(2)7-9-12(15(23)24)21-22(11-5-3-4-6-25-11)14(9)13-10(17)8-19-16(18)20-13/h8,11H,3-7H2,1-2H3,(H,23,24)(H2,18,19,20). The summed E-state index contributed by atoms with van der Waals surface area (Å²) in [5, 5.41) is 14.1. The van der Waals surface area contributed by atoms with E-state index in [2.05, 4.69) is 28.9 Å². The molecule has 2 aromatic rings. The molecule has 1 unspecified atom stereocenters. The zero-order chi connectivity index (χ0) is 17.8. The minimum absolute atomic E-state index is 0.0695. The maximum atomic E-state index is 11.8. The van der Waals surface area contributed by atoms with Gasteiger partial charge in [-0.3, -0.25) is 0 Å². The summed E-state index contributed by atoms with van der Waals surface area (Å²) in [4.78, 5) is 20.4. The number of nitrogens with zero attached hydrogens (tertiary/aromatic N) is 4. The first-order valence-corrected chi connectivity index (χ1v) is 8.48. The van der Waals surface area contributed by atoms with Crippen LogP contribution in [0.25, 0.3) is 11.4 Å². The van der Waals surface area contributed by atoms with Crippen molar-refractivity contribution in [1.82, 2.24) is 19.7 Å². The van der Waals surface area contributed by atoms with E-state index in [0.29, 0.717) is 30.0 Å². The molecular formula is C17H21N5O3. The summed E-state index contributed by atoms with van der Waals surface area (Å²) in [5.41, 5.74) is 8.59. The first-order chi connectivity index (χ1) is 11.9. The van der Waals surface area contributed by atoms with Crippen molar-refractivity contribution in [2.75, 3.05) is 12.3 Å². The Labute approximate surface area is 145 Å². The van der Waals surface area contributed by atoms with E-state index in [1.165, 1.54) is 0 Å². The molecule has 1 saturated heterocycles. The number of aromatic carboxylic acids is 1. The second kappa shape index (κ2) is 5.52. The van der Waals surface area contributed by atoms with Crippen LogP contribution in [0, 0.1) is 0 Å². The smallest absolute Gasteiger partial charge is 0.356 e. The van der Waals surface area contributed by atoms with Gasteiger partial charge in [0.05, 0.1) is 11.4 Å². The van der Waals surface area contributed by atoms with Crippen molar-refractivity contribution in [1.29, 1.82) is 0 Å². The predicted molar refractivity (Wildman–Crippen MR) is 90.2 cm³/mol. The Morgan fingerprint density at radius 1 is 1.44 bits per heavy atom. The van der Waals surface area contributed by atoms with E-state index in [-0.39, 0.29) is 23.3 Å². The van der Waals surface area contributed by atoms with Crippen LogP contribution in [0.1, 0.15) is 61.0 Å². The number of carboxylic acid groups (broad SMARTS) is 1. The second-order valence-electron chi connectivity index (χ2n) is 7.30. The fraction of sp³-hybridized carbons (Fsp3) is 0.529. The monoisotopic (exact) mass is 343 g/mol. The van der Waals surface area contributed by atoms with E-state index in [4.69, 9.17) is 10.5 Å². The molecule has 1 aliphatic carbocycles. The van der Waals surface area contributed by atoms with Crippen molar-refractivity contribution >= 4 is 11.9 Å². The molecule has 132 valence electrons. The Morgan fingerprint density at radius 2 is 2.24 bits per heavy atom. The number of nitrogens with two attached hydrogens (primary N) is 1. The number of rotatable bonds is 2. The largest absolute Gasteiger partial charge is 0.476 e. The van der Waals surface area contributed by atoms with Gasteiger partial charge in [-0.1, -0.05) is 13.8 Å². The van der Waals surface area contributed by atoms with Crippen molar-refractivity contribution in [2.45, 2.75) is 51.2 Å². The van der Waals surface area contributed by atoms with Crippen LogP contribution in [-0.4, -0.2) is 37.4 Å². The molecule has 2 aromatic heterocycles. The first-order valence-electron chi connectivity index (χ1n) is 8.48. The van der Waals surface area contributed by atoms with Gasteiger partial charge in [-0.15, -0.1) is 0 Å². The summed E-state index contributed by atoms with van der Waals surface area (Å²) in [6.07, 6.45) is 4.83. The van der Waals surface area contributed by atoms with Gasteiger partial charge in [0.15, 0.2) is 11.9 Å². The van der Waals surface area contributed by atoms with Gasteiger partial charge in [0.2, 0.25) is 5.95 Å². The molecule has 0 amide bonds. The van der Waals surface area contributed by atoms with Crippen molar-refractivity contribution in [3.05, 3.63) is 23.0 Å². The minimum atomic E-state index is -1.04. The summed E-state index contributed by atoms with van der Waals surface area (Å²) in [6, 6.07) is 0. The molecule has 25 heavy (non-hydrogen) atoms. The summed E-state index contributed by atoms with van der Waals surface area (Å²) in [6.45, 7) is 4.74. The molecule has 1 fully saturated rings. The highest BCUT2D eigenvalue weighted by Crippen LogP contribution is 2.44. The van der Waals surface area contributed by atoms with Crippen LogP contribution in [0.15, 0.2) is 6.20 Å². The Morgan fingerprint density at radius 3 is 2.92 bits per heavy atom. The van der Waals surface area contributed by atoms with Crippen molar-refractivity contribution in [3.63, 3.8) is 0 Å². The van der Waals surface area contributed by atoms with E-state index < -0.39 is 5.97 Å². The van der Waals surface area contributed by atoms with Crippen molar-refractivity contribution in [3.8, 4) is 11.4 Å². The lowest BCUT2D eigenvalue weighted by molar-refractivity contribution is -0.0386. The summed E-state index contributed by atoms with van der Waals surface area (Å²) < 4.78 is 7.55. The third-order valence-corrected chi connectivity index (χ3v) is 5.02. The average Bonchev–Trinajstić information content (AvgIpc) is 2.94. The highest BCUT2D eigenvalue weighted by molar-refractivity contribution is 5.90. The molecule has 0 aromatic carbocycles. The number of carbonyl (C=O) groups is 1. The van der Waals surface area contributed by atoms with E-state index in [0.717, 1.165) is 24.8 Å². The summed E-state index contributed by atoms with van der Waals surface area (Å²) in [5.74, 6) is -0.872. The SMILES string of the molecule is CC1(C)Cc2c(C(=O)O)nn(C3CCCCO3)c2-c2nc(N)ncc21. The molecule has 1 atom stereocenters. The Hall–Kier alpha value is -2.48. The number of fused-ring (bicyclic) bond motifs is 3. The molecule has 8 heteroatoms. The van der Waals surface area contributed by atoms with Crippen LogP contribution in [0.2, 0.25) is 0 Å². The molecule has 2 aliphatic rings. The lowest BCUT2D eigenvalue weighted by Crippen LogP contribution is -2.29. The fourth-order valence-corrected chi connectivity index (χ4v) is 3.79. The maximum Gasteiger partial charge on any atom is 0.356 e. The van der Waals surface area contributed by atoms with Crippen molar-refractivity contribution in [2.24, 2.45) is 0 Å². The zero-order valence-corrected chi connectivity index (χ0v) is 14.3. The quantitative estimate of drug-likeness (QED) is 0.858. The number of ether oxygens (including phenoxy) is 1. The van der Waals surface area contributed by atoms with E-state index in [9.17, 15) is 9.90 Å². The lowest BCUT2D eigenvalue weighted by atomic mass is 9.73. The second-order valence-corrected chi connectivity index (χ2v) is 7.30. The zero-order valence-electron chi connectivity index (χ0n) is 14.3. The third-order valence-electron chi connectivity index (χ3n) is 5.02. The van der Waals surface area contributed by atoms with Gasteiger partial charge in [0.25, 0.3) is 0 Å². The van der Waals surface area contributed by atoms with E-state index in [1.54, 1.807) is 10.9 Å². The lowest BCUT2D eigenvalue weighted by Gasteiger charge is -2.33. The molecule has 0 bridgehead atoms. The summed E-state index contributed by atoms with van der Waals surface area (Å²) in [7, 11) is 0. The number of hydrogen-bond acceptors (Lipinski definition) is 6. The molecule has 3 N–H and O–H groups in total. The molecule has 1 aliphatic heterocycles. The fourth-order valence-electron chi connectivity index (χ4n) is 3.79. The number of nitrogen functional groups attached to an aromatic ring is 1. The molecule has 3 heterocycles. The molecule has 0 spiro atoms. The Kier molecular flexibility index (Phi) is 3.54. The topological polar surface area (TPSA) is 116 Å². The van der Waals surface area contributed by atoms with Gasteiger partial charge in [0.1, 0.15) is 0 Å². The highest BCUT2D eigenvalue weighted by Gasteiger charge is 2.40. The van der Waals surface area contributed by atoms with Gasteiger partial charge in [0, 0.05) is 23.9 Å². The van der Waals surface area contributed by atoms with Crippen LogP contribution >= 0.6 is 0 Å². The molecule has 0 saturated carbocycles. The number of carboxylic acids is 1. The highest BCUT2D eigenvalue weighted by atomic mass is 16.5. The molecule has 8 nitrogen and oxygen atoms in total. The normalized spacial score (nSPS) is 21.4. The van der Waals surface area contributed by atoms with E-state index in [1.807, 2.05) is 0 Å².